The monoisotopic (exact) mass is 412 g/mol. The van der Waals surface area contributed by atoms with Gasteiger partial charge in [0.2, 0.25) is 11.8 Å². The van der Waals surface area contributed by atoms with Gasteiger partial charge in [-0.1, -0.05) is 23.1 Å². The molecule has 0 radical (unpaired) electrons. The molecule has 1 fully saturated rings. The number of rotatable bonds is 5. The minimum Gasteiger partial charge on any atom is -0.354 e. The summed E-state index contributed by atoms with van der Waals surface area (Å²) in [5.74, 6) is -0.525. The highest BCUT2D eigenvalue weighted by Crippen LogP contribution is 2.24. The smallest absolute Gasteiger partial charge is 0.242 e. The summed E-state index contributed by atoms with van der Waals surface area (Å²) >= 11 is 7.83. The molecule has 1 aliphatic heterocycles. The van der Waals surface area contributed by atoms with Crippen LogP contribution in [0.2, 0.25) is 0 Å². The number of nitrogens with zero attached hydrogens (tertiary/aromatic N) is 2. The van der Waals surface area contributed by atoms with Crippen molar-refractivity contribution in [2.45, 2.75) is 29.6 Å². The number of nitrogens with one attached hydrogen (secondary N) is 2. The Kier molecular flexibility index (Phi) is 6.38. The third kappa shape index (κ3) is 4.89. The van der Waals surface area contributed by atoms with Gasteiger partial charge in [-0.2, -0.15) is 0 Å². The van der Waals surface area contributed by atoms with Crippen molar-refractivity contribution in [2.75, 3.05) is 12.3 Å². The highest BCUT2D eigenvalue weighted by atomic mass is 32.2. The number of benzene rings is 1. The van der Waals surface area contributed by atoms with E-state index in [0.717, 1.165) is 12.8 Å². The number of carbonyl (C=O) groups excluding carboxylic acids is 2. The quantitative estimate of drug-likeness (QED) is 0.583. The van der Waals surface area contributed by atoms with Crippen LogP contribution in [0.1, 0.15) is 19.3 Å². The molecule has 1 aromatic heterocycles. The summed E-state index contributed by atoms with van der Waals surface area (Å²) in [4.78, 5) is 24.0. The third-order valence-corrected chi connectivity index (χ3v) is 6.16. The first-order valence-corrected chi connectivity index (χ1v) is 10.3. The molecule has 1 aromatic carbocycles. The van der Waals surface area contributed by atoms with Gasteiger partial charge in [0.1, 0.15) is 11.9 Å². The van der Waals surface area contributed by atoms with Gasteiger partial charge in [-0.25, -0.2) is 9.07 Å². The second-order valence-electron chi connectivity index (χ2n) is 5.72. The Balaban J connectivity index is 1.58. The number of hydrogen-bond donors (Lipinski definition) is 2. The van der Waals surface area contributed by atoms with E-state index >= 15 is 0 Å². The Labute approximate surface area is 163 Å². The fraction of sp³-hybridized carbons (Fsp3) is 0.375. The van der Waals surface area contributed by atoms with Crippen LogP contribution in [0.5, 0.6) is 0 Å². The lowest BCUT2D eigenvalue weighted by molar-refractivity contribution is -0.127. The van der Waals surface area contributed by atoms with E-state index in [1.807, 2.05) is 0 Å². The minimum atomic E-state index is -0.472. The molecule has 138 valence electrons. The molecule has 6 nitrogen and oxygen atoms in total. The standard InChI is InChI=1S/C16H17FN4O2S3/c17-10-4-6-11(7-5-10)21-16(24)26-15(20-21)25-9-13(22)19-12-3-1-2-8-18-14(12)23/h4-7,12H,1-3,8-9H2,(H,18,23)(H,19,22)/t12-/m1/s1. The Hall–Kier alpha value is -1.78. The first-order chi connectivity index (χ1) is 12.5. The summed E-state index contributed by atoms with van der Waals surface area (Å²) < 4.78 is 15.7. The van der Waals surface area contributed by atoms with Gasteiger partial charge in [-0.05, 0) is 55.7 Å². The van der Waals surface area contributed by atoms with E-state index in [-0.39, 0.29) is 23.4 Å². The summed E-state index contributed by atoms with van der Waals surface area (Å²) in [6.45, 7) is 0.657. The number of aromatic nitrogens is 2. The van der Waals surface area contributed by atoms with Gasteiger partial charge in [0, 0.05) is 6.54 Å². The second-order valence-corrected chi connectivity index (χ2v) is 8.56. The van der Waals surface area contributed by atoms with Gasteiger partial charge in [0.15, 0.2) is 8.29 Å². The topological polar surface area (TPSA) is 76.0 Å². The summed E-state index contributed by atoms with van der Waals surface area (Å²) in [6, 6.07) is 5.40. The zero-order valence-electron chi connectivity index (χ0n) is 13.7. The summed E-state index contributed by atoms with van der Waals surface area (Å²) in [6.07, 6.45) is 2.48. The number of amides is 2. The first kappa shape index (κ1) is 19.0. The maximum absolute atomic E-state index is 13.0. The van der Waals surface area contributed by atoms with Crippen molar-refractivity contribution in [3.63, 3.8) is 0 Å². The molecule has 10 heteroatoms. The molecule has 3 rings (SSSR count). The molecule has 0 saturated carbocycles. The predicted molar refractivity (Wildman–Crippen MR) is 102 cm³/mol. The average Bonchev–Trinajstić information content (AvgIpc) is 2.87. The lowest BCUT2D eigenvalue weighted by atomic mass is 10.1. The normalized spacial score (nSPS) is 17.4. The van der Waals surface area contributed by atoms with Crippen molar-refractivity contribution < 1.29 is 14.0 Å². The molecule has 0 spiro atoms. The molecule has 1 saturated heterocycles. The fourth-order valence-electron chi connectivity index (χ4n) is 2.50. The molecule has 2 heterocycles. The lowest BCUT2D eigenvalue weighted by Crippen LogP contribution is -2.46. The van der Waals surface area contributed by atoms with E-state index in [0.29, 0.717) is 26.9 Å². The maximum atomic E-state index is 13.0. The molecule has 2 amide bonds. The van der Waals surface area contributed by atoms with Crippen molar-refractivity contribution in [2.24, 2.45) is 0 Å². The number of thioether (sulfide) groups is 1. The molecule has 2 aromatic rings. The molecular weight excluding hydrogens is 395 g/mol. The third-order valence-electron chi connectivity index (χ3n) is 3.80. The van der Waals surface area contributed by atoms with Crippen LogP contribution >= 0.6 is 35.3 Å². The Morgan fingerprint density at radius 1 is 1.42 bits per heavy atom. The molecule has 0 unspecified atom stereocenters. The van der Waals surface area contributed by atoms with Crippen LogP contribution in [0, 0.1) is 9.77 Å². The van der Waals surface area contributed by atoms with Crippen LogP contribution in [0.25, 0.3) is 5.69 Å². The van der Waals surface area contributed by atoms with Crippen LogP contribution in [0.4, 0.5) is 4.39 Å². The van der Waals surface area contributed by atoms with Crippen molar-refractivity contribution in [1.29, 1.82) is 0 Å². The number of carbonyl (C=O) groups is 2. The zero-order valence-corrected chi connectivity index (χ0v) is 16.2. The average molecular weight is 413 g/mol. The van der Waals surface area contributed by atoms with E-state index in [1.54, 1.807) is 16.8 Å². The Bertz CT molecular complexity index is 850. The van der Waals surface area contributed by atoms with Gasteiger partial charge in [0.25, 0.3) is 0 Å². The molecule has 26 heavy (non-hydrogen) atoms. The first-order valence-electron chi connectivity index (χ1n) is 8.09. The Morgan fingerprint density at radius 3 is 2.96 bits per heavy atom. The maximum Gasteiger partial charge on any atom is 0.242 e. The van der Waals surface area contributed by atoms with Crippen LogP contribution in [0.3, 0.4) is 0 Å². The van der Waals surface area contributed by atoms with Gasteiger partial charge in [0.05, 0.1) is 11.4 Å². The predicted octanol–water partition coefficient (Wildman–Crippen LogP) is 2.68. The zero-order chi connectivity index (χ0) is 18.5. The van der Waals surface area contributed by atoms with E-state index in [9.17, 15) is 14.0 Å². The Morgan fingerprint density at radius 2 is 2.19 bits per heavy atom. The highest BCUT2D eigenvalue weighted by Gasteiger charge is 2.22. The van der Waals surface area contributed by atoms with Crippen molar-refractivity contribution in [3.8, 4) is 5.69 Å². The fourth-order valence-corrected chi connectivity index (χ4v) is 4.68. The van der Waals surface area contributed by atoms with E-state index in [2.05, 4.69) is 15.7 Å². The molecule has 1 atom stereocenters. The molecule has 1 aliphatic rings. The number of hydrogen-bond acceptors (Lipinski definition) is 6. The van der Waals surface area contributed by atoms with Crippen molar-refractivity contribution >= 4 is 47.1 Å². The van der Waals surface area contributed by atoms with E-state index in [1.165, 1.54) is 35.2 Å². The van der Waals surface area contributed by atoms with Gasteiger partial charge >= 0.3 is 0 Å². The van der Waals surface area contributed by atoms with Gasteiger partial charge in [-0.3, -0.25) is 9.59 Å². The SMILES string of the molecule is O=C(CSc1nn(-c2ccc(F)cc2)c(=S)s1)N[C@@H]1CCCCNC1=O. The summed E-state index contributed by atoms with van der Waals surface area (Å²) in [7, 11) is 0. The number of halogens is 1. The van der Waals surface area contributed by atoms with Crippen LogP contribution in [-0.4, -0.2) is 39.9 Å². The largest absolute Gasteiger partial charge is 0.354 e. The van der Waals surface area contributed by atoms with Crippen LogP contribution < -0.4 is 10.6 Å². The van der Waals surface area contributed by atoms with Gasteiger partial charge in [-0.15, -0.1) is 5.10 Å². The molecule has 2 N–H and O–H groups in total. The van der Waals surface area contributed by atoms with Gasteiger partial charge < -0.3 is 10.6 Å². The van der Waals surface area contributed by atoms with E-state index in [4.69, 9.17) is 12.2 Å². The molecule has 0 aliphatic carbocycles. The molecular formula is C16H17FN4O2S3. The molecule has 0 bridgehead atoms. The summed E-state index contributed by atoms with van der Waals surface area (Å²) in [5, 5.41) is 9.93. The highest BCUT2D eigenvalue weighted by molar-refractivity contribution is 8.01. The summed E-state index contributed by atoms with van der Waals surface area (Å²) in [5.41, 5.74) is 0.666. The van der Waals surface area contributed by atoms with Crippen molar-refractivity contribution in [3.05, 3.63) is 34.0 Å². The van der Waals surface area contributed by atoms with Crippen LogP contribution in [-0.2, 0) is 9.59 Å². The second kappa shape index (κ2) is 8.74. The van der Waals surface area contributed by atoms with Crippen LogP contribution in [0.15, 0.2) is 28.6 Å². The van der Waals surface area contributed by atoms with E-state index < -0.39 is 6.04 Å². The lowest BCUT2D eigenvalue weighted by Gasteiger charge is -2.14. The minimum absolute atomic E-state index is 0.128. The van der Waals surface area contributed by atoms with Crippen molar-refractivity contribution in [1.82, 2.24) is 20.4 Å².